The molecule has 0 unspecified atom stereocenters. The van der Waals surface area contributed by atoms with Crippen LogP contribution in [0.15, 0.2) is 53.4 Å². The van der Waals surface area contributed by atoms with Gasteiger partial charge < -0.3 is 5.32 Å². The highest BCUT2D eigenvalue weighted by Gasteiger charge is 2.05. The van der Waals surface area contributed by atoms with Crippen LogP contribution in [0.3, 0.4) is 0 Å². The second-order valence-corrected chi connectivity index (χ2v) is 4.67. The molecule has 0 heterocycles. The standard InChI is InChI=1S/C15H15NOS/c1-11-4-2-3-5-13(11)10-16-15(17)12-6-8-14(18)9-7-12/h2-9,18H,10H2,1H3,(H,16,17). The van der Waals surface area contributed by atoms with Gasteiger partial charge in [-0.3, -0.25) is 4.79 Å². The summed E-state index contributed by atoms with van der Waals surface area (Å²) in [5.41, 5.74) is 2.97. The van der Waals surface area contributed by atoms with Crippen molar-refractivity contribution in [1.29, 1.82) is 0 Å². The first-order valence-electron chi connectivity index (χ1n) is 5.78. The number of thiol groups is 1. The molecule has 1 N–H and O–H groups in total. The summed E-state index contributed by atoms with van der Waals surface area (Å²) < 4.78 is 0. The Morgan fingerprint density at radius 1 is 1.11 bits per heavy atom. The van der Waals surface area contributed by atoms with E-state index in [-0.39, 0.29) is 5.91 Å². The van der Waals surface area contributed by atoms with Gasteiger partial charge in [0.1, 0.15) is 0 Å². The van der Waals surface area contributed by atoms with Gasteiger partial charge in [-0.05, 0) is 42.3 Å². The van der Waals surface area contributed by atoms with Crippen LogP contribution in [0.1, 0.15) is 21.5 Å². The van der Waals surface area contributed by atoms with Crippen LogP contribution in [0.4, 0.5) is 0 Å². The number of rotatable bonds is 3. The van der Waals surface area contributed by atoms with E-state index in [0.717, 1.165) is 10.5 Å². The lowest BCUT2D eigenvalue weighted by Gasteiger charge is -2.08. The normalized spacial score (nSPS) is 10.1. The molecule has 0 fully saturated rings. The minimum absolute atomic E-state index is 0.0633. The summed E-state index contributed by atoms with van der Waals surface area (Å²) in [6.45, 7) is 2.59. The van der Waals surface area contributed by atoms with Gasteiger partial charge in [-0.2, -0.15) is 0 Å². The molecule has 0 atom stereocenters. The summed E-state index contributed by atoms with van der Waals surface area (Å²) in [5.74, 6) is -0.0633. The first kappa shape index (κ1) is 12.7. The smallest absolute Gasteiger partial charge is 0.251 e. The molecule has 92 valence electrons. The highest BCUT2D eigenvalue weighted by Crippen LogP contribution is 2.09. The van der Waals surface area contributed by atoms with E-state index >= 15 is 0 Å². The van der Waals surface area contributed by atoms with Crippen molar-refractivity contribution in [3.8, 4) is 0 Å². The van der Waals surface area contributed by atoms with E-state index in [0.29, 0.717) is 12.1 Å². The monoisotopic (exact) mass is 257 g/mol. The van der Waals surface area contributed by atoms with Crippen LogP contribution < -0.4 is 5.32 Å². The van der Waals surface area contributed by atoms with Crippen molar-refractivity contribution in [2.45, 2.75) is 18.4 Å². The Balaban J connectivity index is 2.01. The maximum absolute atomic E-state index is 11.9. The zero-order valence-corrected chi connectivity index (χ0v) is 11.1. The van der Waals surface area contributed by atoms with Crippen LogP contribution in [-0.4, -0.2) is 5.91 Å². The third kappa shape index (κ3) is 3.14. The van der Waals surface area contributed by atoms with Gasteiger partial charge in [-0.1, -0.05) is 24.3 Å². The second-order valence-electron chi connectivity index (χ2n) is 4.16. The van der Waals surface area contributed by atoms with Crippen molar-refractivity contribution in [1.82, 2.24) is 5.32 Å². The van der Waals surface area contributed by atoms with Crippen LogP contribution in [0.5, 0.6) is 0 Å². The average molecular weight is 257 g/mol. The van der Waals surface area contributed by atoms with Crippen LogP contribution in [0.25, 0.3) is 0 Å². The SMILES string of the molecule is Cc1ccccc1CNC(=O)c1ccc(S)cc1. The Bertz CT molecular complexity index is 549. The molecule has 0 saturated carbocycles. The third-order valence-electron chi connectivity index (χ3n) is 2.83. The Morgan fingerprint density at radius 2 is 1.78 bits per heavy atom. The largest absolute Gasteiger partial charge is 0.348 e. The molecule has 3 heteroatoms. The van der Waals surface area contributed by atoms with E-state index in [1.165, 1.54) is 5.56 Å². The van der Waals surface area contributed by atoms with Crippen molar-refractivity contribution in [3.05, 3.63) is 65.2 Å². The predicted octanol–water partition coefficient (Wildman–Crippen LogP) is 3.21. The van der Waals surface area contributed by atoms with E-state index < -0.39 is 0 Å². The topological polar surface area (TPSA) is 29.1 Å². The fraction of sp³-hybridized carbons (Fsp3) is 0.133. The Hall–Kier alpha value is -1.74. The average Bonchev–Trinajstić information content (AvgIpc) is 2.38. The van der Waals surface area contributed by atoms with Crippen molar-refractivity contribution < 1.29 is 4.79 Å². The number of carbonyl (C=O) groups is 1. The maximum atomic E-state index is 11.9. The lowest BCUT2D eigenvalue weighted by atomic mass is 10.1. The highest BCUT2D eigenvalue weighted by atomic mass is 32.1. The molecule has 1 amide bonds. The maximum Gasteiger partial charge on any atom is 0.251 e. The van der Waals surface area contributed by atoms with Gasteiger partial charge in [0.05, 0.1) is 0 Å². The van der Waals surface area contributed by atoms with E-state index in [1.807, 2.05) is 43.3 Å². The Morgan fingerprint density at radius 3 is 2.44 bits per heavy atom. The quantitative estimate of drug-likeness (QED) is 0.812. The van der Waals surface area contributed by atoms with Gasteiger partial charge >= 0.3 is 0 Å². The molecule has 2 rings (SSSR count). The van der Waals surface area contributed by atoms with Crippen LogP contribution in [0, 0.1) is 6.92 Å². The molecular formula is C15H15NOS. The summed E-state index contributed by atoms with van der Waals surface area (Å²) in [4.78, 5) is 12.8. The van der Waals surface area contributed by atoms with Crippen molar-refractivity contribution in [2.75, 3.05) is 0 Å². The lowest BCUT2D eigenvalue weighted by molar-refractivity contribution is 0.0951. The zero-order valence-electron chi connectivity index (χ0n) is 10.2. The molecule has 0 aromatic heterocycles. The molecule has 0 radical (unpaired) electrons. The molecule has 0 bridgehead atoms. The molecule has 2 aromatic rings. The summed E-state index contributed by atoms with van der Waals surface area (Å²) in [7, 11) is 0. The predicted molar refractivity (Wildman–Crippen MR) is 76.0 cm³/mol. The fourth-order valence-corrected chi connectivity index (χ4v) is 1.85. The number of carbonyl (C=O) groups excluding carboxylic acids is 1. The van der Waals surface area contributed by atoms with Gasteiger partial charge in [0.15, 0.2) is 0 Å². The van der Waals surface area contributed by atoms with Gasteiger partial charge in [0.2, 0.25) is 0 Å². The lowest BCUT2D eigenvalue weighted by Crippen LogP contribution is -2.23. The molecule has 0 aliphatic rings. The number of aryl methyl sites for hydroxylation is 1. The minimum Gasteiger partial charge on any atom is -0.348 e. The van der Waals surface area contributed by atoms with Crippen LogP contribution in [0.2, 0.25) is 0 Å². The van der Waals surface area contributed by atoms with Gasteiger partial charge in [0.25, 0.3) is 5.91 Å². The molecule has 0 saturated heterocycles. The number of amides is 1. The third-order valence-corrected chi connectivity index (χ3v) is 3.13. The Labute approximate surface area is 112 Å². The number of nitrogens with one attached hydrogen (secondary N) is 1. The molecule has 2 aromatic carbocycles. The second kappa shape index (κ2) is 5.74. The zero-order chi connectivity index (χ0) is 13.0. The Kier molecular flexibility index (Phi) is 4.05. The summed E-state index contributed by atoms with van der Waals surface area (Å²) in [6, 6.07) is 15.2. The van der Waals surface area contributed by atoms with Crippen molar-refractivity contribution in [2.24, 2.45) is 0 Å². The molecule has 0 aliphatic heterocycles. The van der Waals surface area contributed by atoms with E-state index in [9.17, 15) is 4.79 Å². The molecule has 2 nitrogen and oxygen atoms in total. The summed E-state index contributed by atoms with van der Waals surface area (Å²) in [6.07, 6.45) is 0. The van der Waals surface area contributed by atoms with Crippen molar-refractivity contribution in [3.63, 3.8) is 0 Å². The van der Waals surface area contributed by atoms with Gasteiger partial charge in [-0.15, -0.1) is 12.6 Å². The van der Waals surface area contributed by atoms with E-state index in [2.05, 4.69) is 17.9 Å². The first-order valence-corrected chi connectivity index (χ1v) is 6.23. The van der Waals surface area contributed by atoms with E-state index in [1.54, 1.807) is 12.1 Å². The van der Waals surface area contributed by atoms with Gasteiger partial charge in [-0.25, -0.2) is 0 Å². The van der Waals surface area contributed by atoms with Gasteiger partial charge in [0, 0.05) is 17.0 Å². The number of hydrogen-bond donors (Lipinski definition) is 2. The van der Waals surface area contributed by atoms with Crippen molar-refractivity contribution >= 4 is 18.5 Å². The summed E-state index contributed by atoms with van der Waals surface area (Å²) >= 11 is 4.19. The number of hydrogen-bond acceptors (Lipinski definition) is 2. The summed E-state index contributed by atoms with van der Waals surface area (Å²) in [5, 5.41) is 2.91. The minimum atomic E-state index is -0.0633. The van der Waals surface area contributed by atoms with Crippen LogP contribution in [-0.2, 0) is 6.54 Å². The molecular weight excluding hydrogens is 242 g/mol. The van der Waals surface area contributed by atoms with E-state index in [4.69, 9.17) is 0 Å². The molecule has 18 heavy (non-hydrogen) atoms. The first-order chi connectivity index (χ1) is 8.66. The highest BCUT2D eigenvalue weighted by molar-refractivity contribution is 7.80. The number of benzene rings is 2. The molecule has 0 aliphatic carbocycles. The fourth-order valence-electron chi connectivity index (χ4n) is 1.70. The molecule has 0 spiro atoms. The van der Waals surface area contributed by atoms with Crippen LogP contribution >= 0.6 is 12.6 Å².